The molecule has 0 spiro atoms. The first kappa shape index (κ1) is 12.6. The van der Waals surface area contributed by atoms with Gasteiger partial charge in [0.1, 0.15) is 0 Å². The van der Waals surface area contributed by atoms with Gasteiger partial charge in [-0.2, -0.15) is 5.10 Å². The molecule has 0 radical (unpaired) electrons. The molecule has 0 amide bonds. The SMILES string of the molecule is Cn1cc(CNCCN2CCCCCC2)cn1. The van der Waals surface area contributed by atoms with Gasteiger partial charge in [-0.25, -0.2) is 0 Å². The van der Waals surface area contributed by atoms with Crippen LogP contribution in [0.3, 0.4) is 0 Å². The number of aromatic nitrogens is 2. The van der Waals surface area contributed by atoms with E-state index in [2.05, 4.69) is 21.5 Å². The van der Waals surface area contributed by atoms with Crippen molar-refractivity contribution in [3.63, 3.8) is 0 Å². The van der Waals surface area contributed by atoms with E-state index in [0.717, 1.165) is 13.1 Å². The third-order valence-corrected chi connectivity index (χ3v) is 3.39. The normalized spacial score (nSPS) is 18.2. The van der Waals surface area contributed by atoms with Gasteiger partial charge in [0, 0.05) is 38.4 Å². The molecule has 17 heavy (non-hydrogen) atoms. The van der Waals surface area contributed by atoms with E-state index in [1.807, 2.05) is 17.9 Å². The zero-order valence-electron chi connectivity index (χ0n) is 10.9. The number of likely N-dealkylation sites (tertiary alicyclic amines) is 1. The Morgan fingerprint density at radius 1 is 1.24 bits per heavy atom. The Morgan fingerprint density at radius 3 is 2.65 bits per heavy atom. The average Bonchev–Trinajstić information content (AvgIpc) is 2.59. The van der Waals surface area contributed by atoms with Crippen LogP contribution < -0.4 is 5.32 Å². The second kappa shape index (κ2) is 6.77. The molecule has 0 unspecified atom stereocenters. The first-order valence-corrected chi connectivity index (χ1v) is 6.75. The summed E-state index contributed by atoms with van der Waals surface area (Å²) >= 11 is 0. The van der Waals surface area contributed by atoms with E-state index >= 15 is 0 Å². The summed E-state index contributed by atoms with van der Waals surface area (Å²) < 4.78 is 1.85. The average molecular weight is 236 g/mol. The van der Waals surface area contributed by atoms with Gasteiger partial charge in [-0.1, -0.05) is 12.8 Å². The maximum absolute atomic E-state index is 4.16. The molecule has 96 valence electrons. The summed E-state index contributed by atoms with van der Waals surface area (Å²) in [7, 11) is 1.96. The van der Waals surface area contributed by atoms with Crippen LogP contribution in [0.1, 0.15) is 31.2 Å². The zero-order chi connectivity index (χ0) is 11.9. The smallest absolute Gasteiger partial charge is 0.0534 e. The Balaban J connectivity index is 1.59. The molecule has 1 aromatic rings. The second-order valence-corrected chi connectivity index (χ2v) is 4.95. The maximum atomic E-state index is 4.16. The predicted molar refractivity (Wildman–Crippen MR) is 69.8 cm³/mol. The minimum atomic E-state index is 0.932. The van der Waals surface area contributed by atoms with Crippen molar-refractivity contribution in [2.45, 2.75) is 32.2 Å². The highest BCUT2D eigenvalue weighted by Gasteiger charge is 2.07. The first-order valence-electron chi connectivity index (χ1n) is 6.75. The summed E-state index contributed by atoms with van der Waals surface area (Å²) in [6.45, 7) is 5.76. The topological polar surface area (TPSA) is 33.1 Å². The van der Waals surface area contributed by atoms with E-state index in [0.29, 0.717) is 0 Å². The minimum absolute atomic E-state index is 0.932. The summed E-state index contributed by atoms with van der Waals surface area (Å²) in [5.41, 5.74) is 1.27. The van der Waals surface area contributed by atoms with Gasteiger partial charge in [0.25, 0.3) is 0 Å². The third-order valence-electron chi connectivity index (χ3n) is 3.39. The number of hydrogen-bond acceptors (Lipinski definition) is 3. The fourth-order valence-electron chi connectivity index (χ4n) is 2.39. The second-order valence-electron chi connectivity index (χ2n) is 4.95. The molecule has 0 aliphatic carbocycles. The molecule has 1 fully saturated rings. The fourth-order valence-corrected chi connectivity index (χ4v) is 2.39. The Morgan fingerprint density at radius 2 is 2.00 bits per heavy atom. The molecule has 2 rings (SSSR count). The number of hydrogen-bond donors (Lipinski definition) is 1. The van der Waals surface area contributed by atoms with E-state index in [9.17, 15) is 0 Å². The van der Waals surface area contributed by atoms with Gasteiger partial charge < -0.3 is 10.2 Å². The van der Waals surface area contributed by atoms with Crippen LogP contribution in [0.5, 0.6) is 0 Å². The van der Waals surface area contributed by atoms with Crippen molar-refractivity contribution < 1.29 is 0 Å². The maximum Gasteiger partial charge on any atom is 0.0534 e. The van der Waals surface area contributed by atoms with Crippen molar-refractivity contribution in [1.29, 1.82) is 0 Å². The van der Waals surface area contributed by atoms with Crippen LogP contribution in [0.25, 0.3) is 0 Å². The molecule has 2 heterocycles. The summed E-state index contributed by atoms with van der Waals surface area (Å²) in [6, 6.07) is 0. The molecule has 0 bridgehead atoms. The third kappa shape index (κ3) is 4.48. The highest BCUT2D eigenvalue weighted by molar-refractivity contribution is 5.02. The number of rotatable bonds is 5. The molecular weight excluding hydrogens is 212 g/mol. The standard InChI is InChI=1S/C13H24N4/c1-16-12-13(11-15-16)10-14-6-9-17-7-4-2-3-5-8-17/h11-12,14H,2-10H2,1H3. The largest absolute Gasteiger partial charge is 0.311 e. The lowest BCUT2D eigenvalue weighted by Crippen LogP contribution is -2.32. The van der Waals surface area contributed by atoms with Crippen LogP contribution in [0.15, 0.2) is 12.4 Å². The van der Waals surface area contributed by atoms with Crippen molar-refractivity contribution in [2.24, 2.45) is 7.05 Å². The van der Waals surface area contributed by atoms with Crippen LogP contribution in [0.2, 0.25) is 0 Å². The van der Waals surface area contributed by atoms with Gasteiger partial charge in [-0.05, 0) is 25.9 Å². The van der Waals surface area contributed by atoms with Gasteiger partial charge in [0.2, 0.25) is 0 Å². The van der Waals surface area contributed by atoms with Gasteiger partial charge in [-0.3, -0.25) is 4.68 Å². The van der Waals surface area contributed by atoms with E-state index in [1.165, 1.54) is 50.9 Å². The van der Waals surface area contributed by atoms with Crippen LogP contribution in [-0.4, -0.2) is 40.9 Å². The summed E-state index contributed by atoms with van der Waals surface area (Å²) in [5.74, 6) is 0. The molecule has 0 atom stereocenters. The Bertz CT molecular complexity index is 313. The van der Waals surface area contributed by atoms with Crippen molar-refractivity contribution in [1.82, 2.24) is 20.0 Å². The zero-order valence-corrected chi connectivity index (χ0v) is 10.9. The lowest BCUT2D eigenvalue weighted by molar-refractivity contribution is 0.284. The lowest BCUT2D eigenvalue weighted by atomic mass is 10.2. The molecular formula is C13H24N4. The van der Waals surface area contributed by atoms with E-state index < -0.39 is 0 Å². The number of nitrogens with zero attached hydrogens (tertiary/aromatic N) is 3. The quantitative estimate of drug-likeness (QED) is 0.784. The van der Waals surface area contributed by atoms with Crippen LogP contribution in [0.4, 0.5) is 0 Å². The number of nitrogens with one attached hydrogen (secondary N) is 1. The predicted octanol–water partition coefficient (Wildman–Crippen LogP) is 1.39. The van der Waals surface area contributed by atoms with Crippen molar-refractivity contribution in [3.05, 3.63) is 18.0 Å². The molecule has 0 saturated carbocycles. The molecule has 0 aromatic carbocycles. The van der Waals surface area contributed by atoms with Gasteiger partial charge in [0.05, 0.1) is 6.20 Å². The van der Waals surface area contributed by atoms with E-state index in [4.69, 9.17) is 0 Å². The minimum Gasteiger partial charge on any atom is -0.311 e. The van der Waals surface area contributed by atoms with E-state index in [-0.39, 0.29) is 0 Å². The van der Waals surface area contributed by atoms with E-state index in [1.54, 1.807) is 0 Å². The van der Waals surface area contributed by atoms with Gasteiger partial charge in [0.15, 0.2) is 0 Å². The van der Waals surface area contributed by atoms with Crippen molar-refractivity contribution in [3.8, 4) is 0 Å². The van der Waals surface area contributed by atoms with Crippen LogP contribution in [0, 0.1) is 0 Å². The summed E-state index contributed by atoms with van der Waals surface area (Å²) in [6.07, 6.45) is 9.59. The molecule has 4 nitrogen and oxygen atoms in total. The molecule has 1 aliphatic rings. The van der Waals surface area contributed by atoms with Crippen molar-refractivity contribution in [2.75, 3.05) is 26.2 Å². The fraction of sp³-hybridized carbons (Fsp3) is 0.769. The van der Waals surface area contributed by atoms with Gasteiger partial charge >= 0.3 is 0 Å². The van der Waals surface area contributed by atoms with Gasteiger partial charge in [-0.15, -0.1) is 0 Å². The highest BCUT2D eigenvalue weighted by atomic mass is 15.2. The molecule has 4 heteroatoms. The number of aryl methyl sites for hydroxylation is 1. The highest BCUT2D eigenvalue weighted by Crippen LogP contribution is 2.08. The van der Waals surface area contributed by atoms with Crippen LogP contribution >= 0.6 is 0 Å². The lowest BCUT2D eigenvalue weighted by Gasteiger charge is -2.19. The summed E-state index contributed by atoms with van der Waals surface area (Å²) in [4.78, 5) is 2.59. The summed E-state index contributed by atoms with van der Waals surface area (Å²) in [5, 5.41) is 7.65. The monoisotopic (exact) mass is 236 g/mol. The Labute approximate surface area is 104 Å². The Kier molecular flexibility index (Phi) is 5.01. The Hall–Kier alpha value is -0.870. The molecule has 1 saturated heterocycles. The molecule has 1 N–H and O–H groups in total. The van der Waals surface area contributed by atoms with Crippen molar-refractivity contribution >= 4 is 0 Å². The molecule has 1 aromatic heterocycles. The first-order chi connectivity index (χ1) is 8.34. The van der Waals surface area contributed by atoms with Crippen LogP contribution in [-0.2, 0) is 13.6 Å². The molecule has 1 aliphatic heterocycles.